The number of ether oxygens (including phenoxy) is 1. The molecule has 0 saturated heterocycles. The topological polar surface area (TPSA) is 117 Å². The number of amides is 2. The van der Waals surface area contributed by atoms with Crippen LogP contribution in [-0.4, -0.2) is 42.9 Å². The van der Waals surface area contributed by atoms with E-state index in [1.807, 2.05) is 0 Å². The number of para-hydroxylation sites is 1. The van der Waals surface area contributed by atoms with Gasteiger partial charge in [-0.25, -0.2) is 9.69 Å². The van der Waals surface area contributed by atoms with Crippen molar-refractivity contribution in [3.05, 3.63) is 82.2 Å². The summed E-state index contributed by atoms with van der Waals surface area (Å²) in [7, 11) is 3.19. The van der Waals surface area contributed by atoms with Crippen molar-refractivity contribution in [2.24, 2.45) is 14.1 Å². The van der Waals surface area contributed by atoms with Gasteiger partial charge in [0.25, 0.3) is 17.5 Å². The van der Waals surface area contributed by atoms with Crippen LogP contribution in [0.25, 0.3) is 27.4 Å². The Morgan fingerprint density at radius 3 is 2.37 bits per heavy atom. The van der Waals surface area contributed by atoms with E-state index >= 15 is 0 Å². The average Bonchev–Trinajstić information content (AvgIpc) is 3.47. The third-order valence-electron chi connectivity index (χ3n) is 6.31. The molecule has 1 aliphatic rings. The van der Waals surface area contributed by atoms with E-state index in [0.29, 0.717) is 26.7 Å². The number of hydrogen-bond acceptors (Lipinski definition) is 6. The smallest absolute Gasteiger partial charge is 0.430 e. The first-order valence-electron chi connectivity index (χ1n) is 11.0. The molecule has 0 spiro atoms. The van der Waals surface area contributed by atoms with Crippen molar-refractivity contribution in [1.82, 2.24) is 14.0 Å². The van der Waals surface area contributed by atoms with E-state index in [1.165, 1.54) is 35.2 Å². The van der Waals surface area contributed by atoms with Crippen LogP contribution in [0.3, 0.4) is 0 Å². The molecule has 2 aromatic heterocycles. The van der Waals surface area contributed by atoms with Gasteiger partial charge in [-0.2, -0.15) is 13.2 Å². The number of nitro benzene ring substituents is 1. The van der Waals surface area contributed by atoms with Gasteiger partial charge in [0.1, 0.15) is 0 Å². The lowest BCUT2D eigenvalue weighted by atomic mass is 10.0. The summed E-state index contributed by atoms with van der Waals surface area (Å²) < 4.78 is 47.5. The van der Waals surface area contributed by atoms with Crippen molar-refractivity contribution in [3.8, 4) is 0 Å². The monoisotopic (exact) mass is 526 g/mol. The first-order chi connectivity index (χ1) is 17.9. The minimum Gasteiger partial charge on any atom is -0.430 e. The third kappa shape index (κ3) is 3.88. The zero-order valence-corrected chi connectivity index (χ0v) is 19.7. The predicted octanol–water partition coefficient (Wildman–Crippen LogP) is 4.13. The highest BCUT2D eigenvalue weighted by Gasteiger charge is 2.47. The number of carbonyl (C=O) groups is 3. The Kier molecular flexibility index (Phi) is 5.58. The second-order valence-corrected chi connectivity index (χ2v) is 8.65. The van der Waals surface area contributed by atoms with E-state index in [2.05, 4.69) is 0 Å². The van der Waals surface area contributed by atoms with Crippen molar-refractivity contribution >= 4 is 50.9 Å². The van der Waals surface area contributed by atoms with Gasteiger partial charge in [0.05, 0.1) is 16.0 Å². The fourth-order valence-corrected chi connectivity index (χ4v) is 4.59. The summed E-state index contributed by atoms with van der Waals surface area (Å²) in [6.07, 6.45) is -3.59. The number of non-ortho nitro benzene ring substituents is 1. The highest BCUT2D eigenvalue weighted by Crippen LogP contribution is 2.39. The molecule has 0 N–H and O–H groups in total. The highest BCUT2D eigenvalue weighted by molar-refractivity contribution is 6.35. The number of fused-ring (bicyclic) bond motifs is 2. The second kappa shape index (κ2) is 8.57. The van der Waals surface area contributed by atoms with Gasteiger partial charge in [-0.1, -0.05) is 18.2 Å². The molecule has 5 rings (SSSR count). The van der Waals surface area contributed by atoms with E-state index in [-0.39, 0.29) is 22.4 Å². The Bertz CT molecular complexity index is 1720. The van der Waals surface area contributed by atoms with E-state index in [4.69, 9.17) is 4.74 Å². The fourth-order valence-electron chi connectivity index (χ4n) is 4.59. The Morgan fingerprint density at radius 1 is 1.00 bits per heavy atom. The molecule has 0 bridgehead atoms. The fraction of sp³-hybridized carbons (Fsp3) is 0.160. The molecular formula is C25H17F3N4O6. The van der Waals surface area contributed by atoms with Crippen LogP contribution in [-0.2, 0) is 33.2 Å². The van der Waals surface area contributed by atoms with Crippen LogP contribution in [0.15, 0.2) is 60.9 Å². The van der Waals surface area contributed by atoms with Crippen LogP contribution in [0, 0.1) is 10.1 Å². The molecule has 4 aromatic rings. The molecule has 0 radical (unpaired) electrons. The number of aromatic nitrogens is 2. The Hall–Kier alpha value is -4.94. The number of benzene rings is 2. The SMILES string of the molecule is Cn1cc(C2=CC(=O)N(C(OC(=O)C(F)(F)F)c3cn(C)c4ccccc34)C2=O)c2ccc([N+](=O)[O-])cc21. The standard InChI is InChI=1S/C25H17F3N4O6/c1-29-12-18(14-5-3-4-6-19(14)29)23(38-24(35)25(26,27)28)31-21(33)10-16(22(31)34)17-11-30(2)20-9-13(32(36)37)7-8-15(17)20/h3-12,23H,1-2H3. The minimum absolute atomic E-state index is 0.00518. The molecule has 38 heavy (non-hydrogen) atoms. The zero-order chi connectivity index (χ0) is 27.5. The summed E-state index contributed by atoms with van der Waals surface area (Å²) in [6.45, 7) is 0. The van der Waals surface area contributed by atoms with Crippen molar-refractivity contribution in [2.45, 2.75) is 12.4 Å². The Labute approximate surface area is 211 Å². The maximum atomic E-state index is 13.6. The number of nitrogens with zero attached hydrogens (tertiary/aromatic N) is 4. The quantitative estimate of drug-likeness (QED) is 0.167. The maximum Gasteiger partial charge on any atom is 0.491 e. The number of alkyl halides is 3. The van der Waals surface area contributed by atoms with Crippen LogP contribution in [0.5, 0.6) is 0 Å². The van der Waals surface area contributed by atoms with E-state index < -0.39 is 35.1 Å². The third-order valence-corrected chi connectivity index (χ3v) is 6.31. The normalized spacial score (nSPS) is 14.9. The number of imide groups is 1. The van der Waals surface area contributed by atoms with Crippen LogP contribution < -0.4 is 0 Å². The van der Waals surface area contributed by atoms with Gasteiger partial charge in [0.15, 0.2) is 0 Å². The number of esters is 1. The minimum atomic E-state index is -5.38. The number of nitro groups is 1. The number of carbonyl (C=O) groups excluding carboxylic acids is 3. The molecule has 1 aliphatic heterocycles. The Morgan fingerprint density at radius 2 is 1.68 bits per heavy atom. The lowest BCUT2D eigenvalue weighted by Gasteiger charge is -2.26. The lowest BCUT2D eigenvalue weighted by Crippen LogP contribution is -2.40. The van der Waals surface area contributed by atoms with Gasteiger partial charge in [0.2, 0.25) is 6.23 Å². The molecule has 1 atom stereocenters. The number of aryl methyl sites for hydroxylation is 2. The summed E-state index contributed by atoms with van der Waals surface area (Å²) >= 11 is 0. The van der Waals surface area contributed by atoms with E-state index in [0.717, 1.165) is 6.08 Å². The molecule has 3 heterocycles. The van der Waals surface area contributed by atoms with E-state index in [1.54, 1.807) is 42.9 Å². The van der Waals surface area contributed by atoms with Crippen molar-refractivity contribution in [2.75, 3.05) is 0 Å². The molecule has 2 amide bonds. The summed E-state index contributed by atoms with van der Waals surface area (Å²) in [5.41, 5.74) is 0.844. The van der Waals surface area contributed by atoms with Gasteiger partial charge in [-0.3, -0.25) is 19.7 Å². The molecule has 0 aliphatic carbocycles. The molecule has 194 valence electrons. The zero-order valence-electron chi connectivity index (χ0n) is 19.7. The largest absolute Gasteiger partial charge is 0.491 e. The summed E-state index contributed by atoms with van der Waals surface area (Å²) in [6, 6.07) is 10.5. The number of hydrogen-bond donors (Lipinski definition) is 0. The molecular weight excluding hydrogens is 509 g/mol. The molecule has 10 nitrogen and oxygen atoms in total. The lowest BCUT2D eigenvalue weighted by molar-refractivity contribution is -0.384. The van der Waals surface area contributed by atoms with Gasteiger partial charge in [-0.05, 0) is 12.1 Å². The first kappa shape index (κ1) is 24.7. The number of halogens is 3. The van der Waals surface area contributed by atoms with Crippen molar-refractivity contribution in [3.63, 3.8) is 0 Å². The van der Waals surface area contributed by atoms with Crippen LogP contribution in [0.2, 0.25) is 0 Å². The maximum absolute atomic E-state index is 13.6. The average molecular weight is 526 g/mol. The van der Waals surface area contributed by atoms with Crippen LogP contribution >= 0.6 is 0 Å². The van der Waals surface area contributed by atoms with Crippen LogP contribution in [0.4, 0.5) is 18.9 Å². The van der Waals surface area contributed by atoms with Gasteiger partial charge < -0.3 is 13.9 Å². The van der Waals surface area contributed by atoms with Gasteiger partial charge >= 0.3 is 12.1 Å². The number of rotatable bonds is 5. The Balaban J connectivity index is 1.61. The van der Waals surface area contributed by atoms with Crippen LogP contribution in [0.1, 0.15) is 17.4 Å². The molecule has 13 heteroatoms. The molecule has 1 unspecified atom stereocenters. The highest BCUT2D eigenvalue weighted by atomic mass is 19.4. The summed E-state index contributed by atoms with van der Waals surface area (Å²) in [5, 5.41) is 12.0. The second-order valence-electron chi connectivity index (χ2n) is 8.65. The van der Waals surface area contributed by atoms with E-state index in [9.17, 15) is 37.7 Å². The van der Waals surface area contributed by atoms with Crippen molar-refractivity contribution in [1.29, 1.82) is 0 Å². The first-order valence-corrected chi connectivity index (χ1v) is 11.0. The predicted molar refractivity (Wildman–Crippen MR) is 127 cm³/mol. The van der Waals surface area contributed by atoms with Gasteiger partial charge in [0, 0.05) is 72.1 Å². The van der Waals surface area contributed by atoms with Gasteiger partial charge in [-0.15, -0.1) is 0 Å². The van der Waals surface area contributed by atoms with Crippen molar-refractivity contribution < 1.29 is 37.2 Å². The summed E-state index contributed by atoms with van der Waals surface area (Å²) in [5.74, 6) is -4.55. The summed E-state index contributed by atoms with van der Waals surface area (Å²) in [4.78, 5) is 49.6. The molecule has 0 saturated carbocycles. The molecule has 2 aromatic carbocycles. The molecule has 0 fully saturated rings.